The molecule has 1 atom stereocenters. The molecule has 0 aliphatic rings. The molecule has 2 N–H and O–H groups in total. The third-order valence-electron chi connectivity index (χ3n) is 1.76. The van der Waals surface area contributed by atoms with Crippen LogP contribution in [0.1, 0.15) is 10.5 Å². The minimum absolute atomic E-state index is 0.00259. The first-order chi connectivity index (χ1) is 7.56. The van der Waals surface area contributed by atoms with Crippen molar-refractivity contribution in [2.24, 2.45) is 0 Å². The quantitative estimate of drug-likeness (QED) is 0.701. The van der Waals surface area contributed by atoms with Crippen LogP contribution in [-0.2, 0) is 4.79 Å². The van der Waals surface area contributed by atoms with Crippen molar-refractivity contribution >= 4 is 36.1 Å². The van der Waals surface area contributed by atoms with E-state index in [4.69, 9.17) is 16.7 Å². The van der Waals surface area contributed by atoms with Crippen LogP contribution in [-0.4, -0.2) is 33.8 Å². The van der Waals surface area contributed by atoms with E-state index >= 15 is 0 Å². The molecule has 5 nitrogen and oxygen atoms in total. The summed E-state index contributed by atoms with van der Waals surface area (Å²) in [6, 6.07) is 2.01. The normalized spacial score (nSPS) is 11.9. The van der Waals surface area contributed by atoms with E-state index in [1.807, 2.05) is 0 Å². The first-order valence-corrected chi connectivity index (χ1v) is 5.32. The van der Waals surface area contributed by atoms with Crippen LogP contribution in [0.25, 0.3) is 0 Å². The van der Waals surface area contributed by atoms with E-state index in [0.717, 1.165) is 0 Å². The summed E-state index contributed by atoms with van der Waals surface area (Å²) in [5, 5.41) is 11.2. The van der Waals surface area contributed by atoms with Gasteiger partial charge in [0.15, 0.2) is 0 Å². The molecular weight excluding hydrogens is 252 g/mol. The smallest absolute Gasteiger partial charge is 0.327 e. The molecule has 0 saturated heterocycles. The third kappa shape index (κ3) is 3.11. The van der Waals surface area contributed by atoms with E-state index in [0.29, 0.717) is 0 Å². The number of hydrogen-bond donors (Lipinski definition) is 3. The summed E-state index contributed by atoms with van der Waals surface area (Å²) < 4.78 is 0. The molecular formula is C9H9ClN2O3S. The van der Waals surface area contributed by atoms with Crippen molar-refractivity contribution in [3.05, 3.63) is 29.0 Å². The summed E-state index contributed by atoms with van der Waals surface area (Å²) >= 11 is 9.55. The minimum Gasteiger partial charge on any atom is -0.480 e. The number of carboxylic acids is 1. The molecule has 1 rings (SSSR count). The van der Waals surface area contributed by atoms with Crippen LogP contribution in [0, 0.1) is 0 Å². The van der Waals surface area contributed by atoms with Gasteiger partial charge in [-0.2, -0.15) is 12.6 Å². The maximum Gasteiger partial charge on any atom is 0.327 e. The number of nitrogens with one attached hydrogen (secondary N) is 1. The fourth-order valence-electron chi connectivity index (χ4n) is 0.965. The summed E-state index contributed by atoms with van der Waals surface area (Å²) in [6.07, 6.45) is 1.40. The molecule has 0 aliphatic heterocycles. The molecule has 0 fully saturated rings. The van der Waals surface area contributed by atoms with E-state index in [1.165, 1.54) is 12.3 Å². The average molecular weight is 261 g/mol. The van der Waals surface area contributed by atoms with Crippen molar-refractivity contribution < 1.29 is 14.7 Å². The van der Waals surface area contributed by atoms with Crippen molar-refractivity contribution in [1.82, 2.24) is 10.3 Å². The summed E-state index contributed by atoms with van der Waals surface area (Å²) in [4.78, 5) is 26.0. The number of aromatic nitrogens is 1. The number of halogens is 1. The van der Waals surface area contributed by atoms with Gasteiger partial charge in [0.05, 0.1) is 5.02 Å². The Morgan fingerprint density at radius 1 is 1.62 bits per heavy atom. The summed E-state index contributed by atoms with van der Waals surface area (Å²) in [5.41, 5.74) is -0.00259. The molecule has 7 heteroatoms. The van der Waals surface area contributed by atoms with Gasteiger partial charge < -0.3 is 10.4 Å². The lowest BCUT2D eigenvalue weighted by Gasteiger charge is -2.11. The SMILES string of the molecule is O=C(N[C@@H](CS)C(=O)O)c1ncccc1Cl. The predicted octanol–water partition coefficient (Wildman–Crippen LogP) is 0.848. The van der Waals surface area contributed by atoms with Gasteiger partial charge >= 0.3 is 5.97 Å². The number of hydrogen-bond acceptors (Lipinski definition) is 4. The Hall–Kier alpha value is -1.27. The number of carboxylic acid groups (broad SMARTS) is 1. The second-order valence-electron chi connectivity index (χ2n) is 2.88. The zero-order chi connectivity index (χ0) is 12.1. The number of carbonyl (C=O) groups is 2. The molecule has 1 aromatic rings. The van der Waals surface area contributed by atoms with Gasteiger partial charge in [0, 0.05) is 11.9 Å². The van der Waals surface area contributed by atoms with Crippen molar-refractivity contribution in [3.63, 3.8) is 0 Å². The highest BCUT2D eigenvalue weighted by Crippen LogP contribution is 2.11. The Balaban J connectivity index is 2.80. The van der Waals surface area contributed by atoms with E-state index < -0.39 is 17.9 Å². The molecule has 1 aromatic heterocycles. The van der Waals surface area contributed by atoms with Crippen LogP contribution < -0.4 is 5.32 Å². The van der Waals surface area contributed by atoms with Gasteiger partial charge in [0.2, 0.25) is 0 Å². The molecule has 16 heavy (non-hydrogen) atoms. The molecule has 0 aromatic carbocycles. The Labute approximate surface area is 102 Å². The number of rotatable bonds is 4. The maximum atomic E-state index is 11.6. The number of thiol groups is 1. The van der Waals surface area contributed by atoms with Crippen LogP contribution in [0.2, 0.25) is 5.02 Å². The number of aliphatic carboxylic acids is 1. The fourth-order valence-corrected chi connectivity index (χ4v) is 1.42. The van der Waals surface area contributed by atoms with Gasteiger partial charge in [0.25, 0.3) is 5.91 Å². The predicted molar refractivity (Wildman–Crippen MR) is 62.0 cm³/mol. The van der Waals surface area contributed by atoms with Crippen LogP contribution in [0.3, 0.4) is 0 Å². The zero-order valence-electron chi connectivity index (χ0n) is 8.05. The lowest BCUT2D eigenvalue weighted by atomic mass is 10.3. The van der Waals surface area contributed by atoms with Gasteiger partial charge in [-0.1, -0.05) is 11.6 Å². The lowest BCUT2D eigenvalue weighted by molar-refractivity contribution is -0.138. The van der Waals surface area contributed by atoms with Crippen LogP contribution in [0.4, 0.5) is 0 Å². The van der Waals surface area contributed by atoms with Gasteiger partial charge in [0.1, 0.15) is 11.7 Å². The second-order valence-corrected chi connectivity index (χ2v) is 3.65. The second kappa shape index (κ2) is 5.72. The summed E-state index contributed by atoms with van der Waals surface area (Å²) in [5.74, 6) is -1.80. The molecule has 0 aliphatic carbocycles. The monoisotopic (exact) mass is 260 g/mol. The molecule has 0 bridgehead atoms. The first kappa shape index (κ1) is 12.8. The minimum atomic E-state index is -1.16. The van der Waals surface area contributed by atoms with Gasteiger partial charge in [-0.15, -0.1) is 0 Å². The van der Waals surface area contributed by atoms with Gasteiger partial charge in [-0.05, 0) is 12.1 Å². The molecule has 0 saturated carbocycles. The van der Waals surface area contributed by atoms with E-state index in [9.17, 15) is 9.59 Å². The van der Waals surface area contributed by atoms with Crippen molar-refractivity contribution in [3.8, 4) is 0 Å². The molecule has 1 heterocycles. The van der Waals surface area contributed by atoms with E-state index in [2.05, 4.69) is 22.9 Å². The largest absolute Gasteiger partial charge is 0.480 e. The van der Waals surface area contributed by atoms with Crippen molar-refractivity contribution in [2.45, 2.75) is 6.04 Å². The highest BCUT2D eigenvalue weighted by atomic mass is 35.5. The summed E-state index contributed by atoms with van der Waals surface area (Å²) in [6.45, 7) is 0. The Kier molecular flexibility index (Phi) is 4.57. The Bertz CT molecular complexity index is 413. The third-order valence-corrected chi connectivity index (χ3v) is 2.43. The van der Waals surface area contributed by atoms with Crippen LogP contribution in [0.15, 0.2) is 18.3 Å². The maximum absolute atomic E-state index is 11.6. The zero-order valence-corrected chi connectivity index (χ0v) is 9.70. The molecule has 0 radical (unpaired) electrons. The Morgan fingerprint density at radius 3 is 2.81 bits per heavy atom. The van der Waals surface area contributed by atoms with Crippen LogP contribution in [0.5, 0.6) is 0 Å². The van der Waals surface area contributed by atoms with Gasteiger partial charge in [-0.25, -0.2) is 9.78 Å². The van der Waals surface area contributed by atoms with Crippen LogP contribution >= 0.6 is 24.2 Å². The average Bonchev–Trinajstić information content (AvgIpc) is 2.25. The lowest BCUT2D eigenvalue weighted by Crippen LogP contribution is -2.42. The topological polar surface area (TPSA) is 79.3 Å². The van der Waals surface area contributed by atoms with E-state index in [1.54, 1.807) is 6.07 Å². The number of amides is 1. The first-order valence-electron chi connectivity index (χ1n) is 4.31. The highest BCUT2D eigenvalue weighted by molar-refractivity contribution is 7.80. The van der Waals surface area contributed by atoms with Crippen molar-refractivity contribution in [1.29, 1.82) is 0 Å². The number of nitrogens with zero attached hydrogens (tertiary/aromatic N) is 1. The highest BCUT2D eigenvalue weighted by Gasteiger charge is 2.20. The van der Waals surface area contributed by atoms with Gasteiger partial charge in [-0.3, -0.25) is 4.79 Å². The number of carbonyl (C=O) groups excluding carboxylic acids is 1. The van der Waals surface area contributed by atoms with E-state index in [-0.39, 0.29) is 16.5 Å². The number of pyridine rings is 1. The molecule has 1 amide bonds. The molecule has 86 valence electrons. The summed E-state index contributed by atoms with van der Waals surface area (Å²) in [7, 11) is 0. The van der Waals surface area contributed by atoms with Crippen molar-refractivity contribution in [2.75, 3.05) is 5.75 Å². The standard InChI is InChI=1S/C9H9ClN2O3S/c10-5-2-1-3-11-7(5)8(13)12-6(4-16)9(14)15/h1-3,6,16H,4H2,(H,12,13)(H,14,15)/t6-/m0/s1. The molecule has 0 spiro atoms. The Morgan fingerprint density at radius 2 is 2.31 bits per heavy atom. The fraction of sp³-hybridized carbons (Fsp3) is 0.222. The molecule has 0 unspecified atom stereocenters.